The Hall–Kier alpha value is -2.77. The number of hydrogen-bond donors (Lipinski definition) is 2. The van der Waals surface area contributed by atoms with E-state index in [-0.39, 0.29) is 12.3 Å². The molecule has 1 amide bonds. The molecule has 1 aliphatic heterocycles. The molecular formula is C22H26ClN3O4. The maximum absolute atomic E-state index is 12.3. The van der Waals surface area contributed by atoms with Crippen molar-refractivity contribution < 1.29 is 19.4 Å². The fourth-order valence-electron chi connectivity index (χ4n) is 3.51. The third kappa shape index (κ3) is 6.11. The topological polar surface area (TPSA) is 82.1 Å². The summed E-state index contributed by atoms with van der Waals surface area (Å²) in [5.41, 5.74) is 1.68. The van der Waals surface area contributed by atoms with Crippen molar-refractivity contribution in [2.24, 2.45) is 5.92 Å². The number of carbonyl (C=O) groups excluding carboxylic acids is 1. The maximum Gasteiger partial charge on any atom is 0.308 e. The summed E-state index contributed by atoms with van der Waals surface area (Å²) in [5, 5.41) is 13.0. The van der Waals surface area contributed by atoms with E-state index >= 15 is 0 Å². The van der Waals surface area contributed by atoms with Gasteiger partial charge in [0.15, 0.2) is 0 Å². The highest BCUT2D eigenvalue weighted by atomic mass is 35.5. The van der Waals surface area contributed by atoms with E-state index in [1.54, 1.807) is 31.4 Å². The van der Waals surface area contributed by atoms with Crippen molar-refractivity contribution in [3.63, 3.8) is 0 Å². The molecule has 7 nitrogen and oxygen atoms in total. The molecule has 0 bridgehead atoms. The molecule has 0 saturated carbocycles. The van der Waals surface area contributed by atoms with Crippen LogP contribution in [0.1, 0.15) is 6.42 Å². The van der Waals surface area contributed by atoms with Crippen LogP contribution in [0.2, 0.25) is 5.02 Å². The lowest BCUT2D eigenvalue weighted by Gasteiger charge is -2.37. The van der Waals surface area contributed by atoms with E-state index in [4.69, 9.17) is 16.3 Å². The van der Waals surface area contributed by atoms with Gasteiger partial charge in [0.1, 0.15) is 5.75 Å². The standard InChI is InChI=1S/C22H26ClN3O4/c1-30-20-7-5-18(6-8-20)24-21(27)13-16(22(28)29)15-25-9-11-26(12-10-25)19-4-2-3-17(23)14-19/h2-8,14,16H,9-13,15H2,1H3,(H,24,27)(H,28,29). The van der Waals surface area contributed by atoms with Gasteiger partial charge in [-0.05, 0) is 42.5 Å². The van der Waals surface area contributed by atoms with Gasteiger partial charge in [-0.15, -0.1) is 0 Å². The van der Waals surface area contributed by atoms with Crippen molar-refractivity contribution >= 4 is 34.9 Å². The molecule has 1 unspecified atom stereocenters. The molecule has 1 fully saturated rings. The van der Waals surface area contributed by atoms with Crippen LogP contribution in [-0.4, -0.2) is 61.7 Å². The summed E-state index contributed by atoms with van der Waals surface area (Å²) >= 11 is 6.07. The number of hydrogen-bond acceptors (Lipinski definition) is 5. The first-order valence-corrected chi connectivity index (χ1v) is 10.2. The molecule has 8 heteroatoms. The van der Waals surface area contributed by atoms with E-state index in [1.165, 1.54) is 0 Å². The second kappa shape index (κ2) is 10.3. The number of benzene rings is 2. The number of amides is 1. The molecule has 0 radical (unpaired) electrons. The molecule has 3 rings (SSSR count). The minimum Gasteiger partial charge on any atom is -0.497 e. The van der Waals surface area contributed by atoms with Crippen molar-refractivity contribution in [1.82, 2.24) is 4.90 Å². The van der Waals surface area contributed by atoms with E-state index in [1.807, 2.05) is 24.3 Å². The molecule has 2 aromatic carbocycles. The zero-order valence-electron chi connectivity index (χ0n) is 16.9. The number of aliphatic carboxylic acids is 1. The summed E-state index contributed by atoms with van der Waals surface area (Å²) in [6.07, 6.45) is -0.0735. The Bertz CT molecular complexity index is 867. The number of carboxylic acids is 1. The number of carboxylic acid groups (broad SMARTS) is 1. The summed E-state index contributed by atoms with van der Waals surface area (Å²) in [5.74, 6) is -1.35. The summed E-state index contributed by atoms with van der Waals surface area (Å²) in [4.78, 5) is 28.4. The van der Waals surface area contributed by atoms with Crippen LogP contribution in [0, 0.1) is 5.92 Å². The Morgan fingerprint density at radius 2 is 1.83 bits per heavy atom. The summed E-state index contributed by atoms with van der Waals surface area (Å²) in [6, 6.07) is 14.6. The van der Waals surface area contributed by atoms with Gasteiger partial charge in [-0.2, -0.15) is 0 Å². The number of halogens is 1. The highest BCUT2D eigenvalue weighted by molar-refractivity contribution is 6.30. The molecule has 0 aromatic heterocycles. The number of methoxy groups -OCH3 is 1. The van der Waals surface area contributed by atoms with Gasteiger partial charge in [-0.25, -0.2) is 0 Å². The Balaban J connectivity index is 1.50. The summed E-state index contributed by atoms with van der Waals surface area (Å²) < 4.78 is 5.09. The van der Waals surface area contributed by atoms with Crippen LogP contribution in [0.25, 0.3) is 0 Å². The average molecular weight is 432 g/mol. The first kappa shape index (κ1) is 21.9. The molecule has 2 aromatic rings. The predicted octanol–water partition coefficient (Wildman–Crippen LogP) is 3.20. The van der Waals surface area contributed by atoms with Crippen molar-refractivity contribution in [3.8, 4) is 5.75 Å². The minimum atomic E-state index is -0.961. The molecule has 1 atom stereocenters. The van der Waals surface area contributed by atoms with Crippen LogP contribution in [-0.2, 0) is 9.59 Å². The smallest absolute Gasteiger partial charge is 0.308 e. The molecule has 30 heavy (non-hydrogen) atoms. The quantitative estimate of drug-likeness (QED) is 0.668. The van der Waals surface area contributed by atoms with Gasteiger partial charge in [0.2, 0.25) is 5.91 Å². The van der Waals surface area contributed by atoms with Crippen molar-refractivity contribution in [2.75, 3.05) is 50.1 Å². The first-order valence-electron chi connectivity index (χ1n) is 9.84. The van der Waals surface area contributed by atoms with E-state index in [2.05, 4.69) is 15.1 Å². The maximum atomic E-state index is 12.3. The van der Waals surface area contributed by atoms with E-state index in [0.29, 0.717) is 23.0 Å². The lowest BCUT2D eigenvalue weighted by Crippen LogP contribution is -2.48. The lowest BCUT2D eigenvalue weighted by molar-refractivity contribution is -0.144. The lowest BCUT2D eigenvalue weighted by atomic mass is 10.0. The Labute approximate surface area is 181 Å². The van der Waals surface area contributed by atoms with Crippen LogP contribution >= 0.6 is 11.6 Å². The molecule has 0 aliphatic carbocycles. The third-order valence-electron chi connectivity index (χ3n) is 5.18. The normalized spacial score (nSPS) is 15.5. The van der Waals surface area contributed by atoms with E-state index < -0.39 is 11.9 Å². The zero-order chi connectivity index (χ0) is 21.5. The highest BCUT2D eigenvalue weighted by Gasteiger charge is 2.26. The largest absolute Gasteiger partial charge is 0.497 e. The molecule has 2 N–H and O–H groups in total. The van der Waals surface area contributed by atoms with Gasteiger partial charge in [0.05, 0.1) is 13.0 Å². The molecule has 1 saturated heterocycles. The monoisotopic (exact) mass is 431 g/mol. The van der Waals surface area contributed by atoms with Gasteiger partial charge in [0.25, 0.3) is 0 Å². The van der Waals surface area contributed by atoms with Crippen LogP contribution < -0.4 is 15.0 Å². The predicted molar refractivity (Wildman–Crippen MR) is 117 cm³/mol. The van der Waals surface area contributed by atoms with Crippen LogP contribution in [0.3, 0.4) is 0 Å². The van der Waals surface area contributed by atoms with Gasteiger partial charge in [-0.1, -0.05) is 17.7 Å². The Kier molecular flexibility index (Phi) is 7.54. The van der Waals surface area contributed by atoms with Gasteiger partial charge >= 0.3 is 5.97 Å². The van der Waals surface area contributed by atoms with Crippen molar-refractivity contribution in [2.45, 2.75) is 6.42 Å². The minimum absolute atomic E-state index is 0.0735. The molecular weight excluding hydrogens is 406 g/mol. The van der Waals surface area contributed by atoms with Gasteiger partial charge < -0.3 is 20.1 Å². The van der Waals surface area contributed by atoms with Crippen LogP contribution in [0.5, 0.6) is 5.75 Å². The fourth-order valence-corrected chi connectivity index (χ4v) is 3.70. The molecule has 1 heterocycles. The molecule has 0 spiro atoms. The number of piperazine rings is 1. The number of carbonyl (C=O) groups is 2. The second-order valence-corrected chi connectivity index (χ2v) is 7.72. The average Bonchev–Trinajstić information content (AvgIpc) is 2.74. The van der Waals surface area contributed by atoms with Crippen molar-refractivity contribution in [1.29, 1.82) is 0 Å². The zero-order valence-corrected chi connectivity index (χ0v) is 17.6. The van der Waals surface area contributed by atoms with E-state index in [0.717, 1.165) is 31.9 Å². The second-order valence-electron chi connectivity index (χ2n) is 7.28. The van der Waals surface area contributed by atoms with Gasteiger partial charge in [-0.3, -0.25) is 14.5 Å². The van der Waals surface area contributed by atoms with Crippen LogP contribution in [0.4, 0.5) is 11.4 Å². The first-order chi connectivity index (χ1) is 14.4. The van der Waals surface area contributed by atoms with Gasteiger partial charge in [0, 0.05) is 55.5 Å². The number of anilines is 2. The SMILES string of the molecule is COc1ccc(NC(=O)CC(CN2CCN(c3cccc(Cl)c3)CC2)C(=O)O)cc1. The van der Waals surface area contributed by atoms with E-state index in [9.17, 15) is 14.7 Å². The third-order valence-corrected chi connectivity index (χ3v) is 5.41. The number of nitrogens with one attached hydrogen (secondary N) is 1. The Morgan fingerprint density at radius 3 is 2.43 bits per heavy atom. The number of rotatable bonds is 8. The number of nitrogens with zero attached hydrogens (tertiary/aromatic N) is 2. The van der Waals surface area contributed by atoms with Crippen molar-refractivity contribution in [3.05, 3.63) is 53.6 Å². The van der Waals surface area contributed by atoms with Crippen LogP contribution in [0.15, 0.2) is 48.5 Å². The summed E-state index contributed by atoms with van der Waals surface area (Å²) in [7, 11) is 1.57. The molecule has 1 aliphatic rings. The molecule has 160 valence electrons. The fraction of sp³-hybridized carbons (Fsp3) is 0.364. The Morgan fingerprint density at radius 1 is 1.13 bits per heavy atom. The number of ether oxygens (including phenoxy) is 1. The summed E-state index contributed by atoms with van der Waals surface area (Å²) in [6.45, 7) is 3.37. The highest BCUT2D eigenvalue weighted by Crippen LogP contribution is 2.21.